The van der Waals surface area contributed by atoms with E-state index in [9.17, 15) is 28.6 Å². The molecule has 3 aromatic rings. The molecule has 0 radical (unpaired) electrons. The van der Waals surface area contributed by atoms with Crippen LogP contribution in [0.1, 0.15) is 92.6 Å². The van der Waals surface area contributed by atoms with Gasteiger partial charge in [0, 0.05) is 38.8 Å². The molecule has 2 spiro atoms. The Hall–Kier alpha value is -3.66. The lowest BCUT2D eigenvalue weighted by Crippen LogP contribution is -2.67. The predicted molar refractivity (Wildman–Crippen MR) is 202 cm³/mol. The molecule has 6 aliphatic rings. The number of aliphatic hydroxyl groups is 2. The first-order valence-electron chi connectivity index (χ1n) is 19.2. The highest BCUT2D eigenvalue weighted by Gasteiger charge is 2.74. The summed E-state index contributed by atoms with van der Waals surface area (Å²) in [6.45, 7) is 7.01. The fraction of sp³-hybridized carbons (Fsp3) is 0.500. The molecule has 3 fully saturated rings. The SMILES string of the molecule is CC(NC(=O)N(CCc1cccs1)CC1(O)CCC2C34C=CC5(C=C3C(=O)c3ccc(F)c(F)c3)CC(O)CCC5(C)C4CCC21C)c1ccccc1. The molecule has 9 atom stereocenters. The van der Waals surface area contributed by atoms with E-state index in [1.165, 1.54) is 6.07 Å². The number of carbonyl (C=O) groups is 2. The van der Waals surface area contributed by atoms with E-state index < -0.39 is 39.6 Å². The highest BCUT2D eigenvalue weighted by Crippen LogP contribution is 2.78. The van der Waals surface area contributed by atoms with Gasteiger partial charge in [-0.25, -0.2) is 13.6 Å². The van der Waals surface area contributed by atoms with Crippen molar-refractivity contribution in [2.24, 2.45) is 33.5 Å². The van der Waals surface area contributed by atoms with E-state index in [1.807, 2.05) is 48.7 Å². The quantitative estimate of drug-likeness (QED) is 0.151. The summed E-state index contributed by atoms with van der Waals surface area (Å²) in [5, 5.41) is 29.3. The molecular weight excluding hydrogens is 691 g/mol. The lowest BCUT2D eigenvalue weighted by Gasteiger charge is -2.71. The summed E-state index contributed by atoms with van der Waals surface area (Å²) in [7, 11) is 0. The number of aliphatic hydroxyl groups excluding tert-OH is 1. The van der Waals surface area contributed by atoms with Gasteiger partial charge in [-0.1, -0.05) is 68.5 Å². The number of allylic oxidation sites excluding steroid dienone is 4. The van der Waals surface area contributed by atoms with Crippen LogP contribution in [0.2, 0.25) is 0 Å². The number of thiophene rings is 1. The molecule has 1 heterocycles. The molecule has 0 aliphatic heterocycles. The maximum atomic E-state index is 14.7. The van der Waals surface area contributed by atoms with Gasteiger partial charge in [-0.05, 0) is 111 Å². The minimum atomic E-state index is -1.25. The van der Waals surface area contributed by atoms with Crippen LogP contribution in [0.3, 0.4) is 0 Å². The van der Waals surface area contributed by atoms with Gasteiger partial charge < -0.3 is 20.4 Å². The number of hydrogen-bond donors (Lipinski definition) is 3. The van der Waals surface area contributed by atoms with E-state index in [4.69, 9.17) is 0 Å². The van der Waals surface area contributed by atoms with Crippen LogP contribution in [0.15, 0.2) is 89.8 Å². The Labute approximate surface area is 315 Å². The first-order chi connectivity index (χ1) is 25.3. The Morgan fingerprint density at radius 2 is 1.68 bits per heavy atom. The highest BCUT2D eigenvalue weighted by atomic mass is 32.1. The molecule has 3 saturated carbocycles. The largest absolute Gasteiger partial charge is 0.393 e. The second-order valence-electron chi connectivity index (χ2n) is 17.1. The summed E-state index contributed by atoms with van der Waals surface area (Å²) in [5.41, 5.74) is -1.79. The molecule has 6 nitrogen and oxygen atoms in total. The minimum absolute atomic E-state index is 0.0483. The van der Waals surface area contributed by atoms with E-state index in [1.54, 1.807) is 16.2 Å². The van der Waals surface area contributed by atoms with Crippen molar-refractivity contribution in [3.8, 4) is 0 Å². The lowest BCUT2D eigenvalue weighted by atomic mass is 9.32. The molecule has 9 heteroatoms. The van der Waals surface area contributed by atoms with Gasteiger partial charge in [0.25, 0.3) is 0 Å². The summed E-state index contributed by atoms with van der Waals surface area (Å²) in [6, 6.07) is 16.8. The number of nitrogens with one attached hydrogen (secondary N) is 1. The standard InChI is InChI=1S/C44H50F2N2O4S/c1-28(29-8-5-4-6-9-29)47-39(51)48(22-16-32-10-7-23-53-32)27-43(52)19-15-37-41(43,3)18-14-36-40(2)17-13-31(49)25-42(40)20-21-44(36,37)33(26-42)38(50)30-11-12-34(45)35(46)24-30/h4-12,20-21,23-24,26,28,31,36-37,49,52H,13-19,22,25,27H2,1-3H3,(H,47,51). The van der Waals surface area contributed by atoms with Gasteiger partial charge in [0.1, 0.15) is 0 Å². The zero-order valence-electron chi connectivity index (χ0n) is 30.8. The Kier molecular flexibility index (Phi) is 8.90. The van der Waals surface area contributed by atoms with Crippen molar-refractivity contribution in [2.75, 3.05) is 13.1 Å². The number of ketones is 1. The smallest absolute Gasteiger partial charge is 0.317 e. The number of nitrogens with zero attached hydrogens (tertiary/aromatic N) is 1. The van der Waals surface area contributed by atoms with Crippen LogP contribution < -0.4 is 5.32 Å². The van der Waals surface area contributed by atoms with Crippen molar-refractivity contribution in [2.45, 2.75) is 89.9 Å². The number of urea groups is 1. The Morgan fingerprint density at radius 3 is 2.42 bits per heavy atom. The third-order valence-electron chi connectivity index (χ3n) is 14.7. The molecular formula is C44H50F2N2O4S. The first-order valence-corrected chi connectivity index (χ1v) is 20.1. The topological polar surface area (TPSA) is 89.9 Å². The van der Waals surface area contributed by atoms with Crippen molar-refractivity contribution in [1.82, 2.24) is 10.2 Å². The Balaban J connectivity index is 1.16. The fourth-order valence-electron chi connectivity index (χ4n) is 11.8. The highest BCUT2D eigenvalue weighted by molar-refractivity contribution is 7.09. The molecule has 53 heavy (non-hydrogen) atoms. The molecule has 3 N–H and O–H groups in total. The minimum Gasteiger partial charge on any atom is -0.393 e. The summed E-state index contributed by atoms with van der Waals surface area (Å²) in [6.07, 6.45) is 11.2. The molecule has 1 aromatic heterocycles. The maximum Gasteiger partial charge on any atom is 0.317 e. The monoisotopic (exact) mass is 740 g/mol. The molecule has 0 saturated heterocycles. The van der Waals surface area contributed by atoms with Crippen LogP contribution in [-0.2, 0) is 6.42 Å². The first kappa shape index (κ1) is 36.3. The molecule has 2 bridgehead atoms. The van der Waals surface area contributed by atoms with E-state index in [2.05, 4.69) is 43.5 Å². The number of benzene rings is 2. The number of Topliss-reactive ketones (excluding diaryl/α,β-unsaturated/α-hetero) is 1. The second kappa shape index (κ2) is 13.0. The van der Waals surface area contributed by atoms with Crippen molar-refractivity contribution >= 4 is 23.2 Å². The van der Waals surface area contributed by atoms with Crippen LogP contribution in [0, 0.1) is 45.1 Å². The number of hydrogen-bond acceptors (Lipinski definition) is 5. The van der Waals surface area contributed by atoms with Crippen LogP contribution in [0.5, 0.6) is 0 Å². The van der Waals surface area contributed by atoms with Crippen molar-refractivity contribution in [3.05, 3.63) is 117 Å². The van der Waals surface area contributed by atoms with Crippen LogP contribution in [-0.4, -0.2) is 51.7 Å². The summed E-state index contributed by atoms with van der Waals surface area (Å²) in [5.74, 6) is -2.50. The van der Waals surface area contributed by atoms with E-state index in [-0.39, 0.29) is 47.2 Å². The van der Waals surface area contributed by atoms with Gasteiger partial charge in [-0.2, -0.15) is 0 Å². The van der Waals surface area contributed by atoms with Crippen LogP contribution in [0.4, 0.5) is 13.6 Å². The van der Waals surface area contributed by atoms with Crippen molar-refractivity contribution < 1.29 is 28.6 Å². The van der Waals surface area contributed by atoms with Gasteiger partial charge in [0.05, 0.1) is 24.3 Å². The second-order valence-corrected chi connectivity index (χ2v) is 18.1. The maximum absolute atomic E-state index is 14.7. The van der Waals surface area contributed by atoms with Crippen LogP contribution >= 0.6 is 11.3 Å². The van der Waals surface area contributed by atoms with Gasteiger partial charge in [-0.15, -0.1) is 11.3 Å². The third-order valence-corrected chi connectivity index (χ3v) is 15.7. The third kappa shape index (κ3) is 5.50. The fourth-order valence-corrected chi connectivity index (χ4v) is 12.5. The number of carbonyl (C=O) groups excluding carboxylic acids is 2. The van der Waals surface area contributed by atoms with Gasteiger partial charge in [0.2, 0.25) is 0 Å². The molecule has 9 unspecified atom stereocenters. The number of halogens is 2. The number of amides is 2. The molecule has 2 amide bonds. The average Bonchev–Trinajstić information content (AvgIpc) is 3.76. The zero-order valence-corrected chi connectivity index (χ0v) is 31.6. The Bertz CT molecular complexity index is 1970. The van der Waals surface area contributed by atoms with Crippen molar-refractivity contribution in [1.29, 1.82) is 0 Å². The predicted octanol–water partition coefficient (Wildman–Crippen LogP) is 8.82. The van der Waals surface area contributed by atoms with Crippen LogP contribution in [0.25, 0.3) is 0 Å². The van der Waals surface area contributed by atoms with E-state index in [0.29, 0.717) is 44.2 Å². The number of rotatable bonds is 9. The average molecular weight is 741 g/mol. The van der Waals surface area contributed by atoms with E-state index >= 15 is 0 Å². The summed E-state index contributed by atoms with van der Waals surface area (Å²) in [4.78, 5) is 31.8. The summed E-state index contributed by atoms with van der Waals surface area (Å²) < 4.78 is 28.7. The van der Waals surface area contributed by atoms with Crippen molar-refractivity contribution in [3.63, 3.8) is 0 Å². The zero-order chi connectivity index (χ0) is 37.4. The molecule has 6 aliphatic carbocycles. The molecule has 2 aromatic carbocycles. The van der Waals surface area contributed by atoms with Gasteiger partial charge >= 0.3 is 6.03 Å². The number of fused-ring (bicyclic) bond motifs is 1. The molecule has 280 valence electrons. The van der Waals surface area contributed by atoms with E-state index in [0.717, 1.165) is 41.8 Å². The van der Waals surface area contributed by atoms with Gasteiger partial charge in [0.15, 0.2) is 17.4 Å². The molecule has 9 rings (SSSR count). The lowest BCUT2D eigenvalue weighted by molar-refractivity contribution is -0.174. The van der Waals surface area contributed by atoms with Gasteiger partial charge in [-0.3, -0.25) is 4.79 Å². The Morgan fingerprint density at radius 1 is 0.943 bits per heavy atom. The normalized spacial score (nSPS) is 35.8. The summed E-state index contributed by atoms with van der Waals surface area (Å²) >= 11 is 1.65.